The zero-order valence-corrected chi connectivity index (χ0v) is 19.8. The number of rotatable bonds is 8. The van der Waals surface area contributed by atoms with E-state index in [0.717, 1.165) is 77.5 Å². The number of carbonyl (C=O) groups is 1. The summed E-state index contributed by atoms with van der Waals surface area (Å²) in [6.07, 6.45) is 4.18. The predicted octanol–water partition coefficient (Wildman–Crippen LogP) is 2.09. The van der Waals surface area contributed by atoms with E-state index in [-0.39, 0.29) is 11.8 Å². The number of benzene rings is 1. The van der Waals surface area contributed by atoms with E-state index in [9.17, 15) is 4.79 Å². The molecule has 0 bridgehead atoms. The van der Waals surface area contributed by atoms with Gasteiger partial charge < -0.3 is 16.4 Å². The van der Waals surface area contributed by atoms with Crippen LogP contribution in [0.2, 0.25) is 0 Å². The van der Waals surface area contributed by atoms with Crippen LogP contribution in [0.15, 0.2) is 41.4 Å². The fourth-order valence-corrected chi connectivity index (χ4v) is 4.72. The maximum Gasteiger partial charge on any atom is 0.221 e. The molecular formula is C25H40N6O. The number of guanidine groups is 1. The fraction of sp³-hybridized carbons (Fsp3) is 0.600. The van der Waals surface area contributed by atoms with Gasteiger partial charge in [0.15, 0.2) is 5.96 Å². The van der Waals surface area contributed by atoms with Crippen LogP contribution < -0.4 is 16.4 Å². The van der Waals surface area contributed by atoms with E-state index in [2.05, 4.69) is 63.2 Å². The van der Waals surface area contributed by atoms with Gasteiger partial charge in [-0.25, -0.2) is 0 Å². The second-order valence-corrected chi connectivity index (χ2v) is 9.37. The van der Waals surface area contributed by atoms with Crippen LogP contribution in [0.4, 0.5) is 0 Å². The van der Waals surface area contributed by atoms with Gasteiger partial charge >= 0.3 is 0 Å². The molecule has 0 saturated carbocycles. The normalized spacial score (nSPS) is 21.3. The van der Waals surface area contributed by atoms with Crippen LogP contribution in [-0.4, -0.2) is 67.5 Å². The van der Waals surface area contributed by atoms with Gasteiger partial charge in [0.25, 0.3) is 0 Å². The van der Waals surface area contributed by atoms with Gasteiger partial charge in [0.2, 0.25) is 5.91 Å². The molecule has 1 aromatic carbocycles. The molecule has 4 N–H and O–H groups in total. The van der Waals surface area contributed by atoms with Crippen molar-refractivity contribution in [3.63, 3.8) is 0 Å². The van der Waals surface area contributed by atoms with Gasteiger partial charge in [-0.2, -0.15) is 0 Å². The quantitative estimate of drug-likeness (QED) is 0.327. The number of nitrogens with zero attached hydrogens (tertiary/aromatic N) is 3. The lowest BCUT2D eigenvalue weighted by Gasteiger charge is -2.33. The molecule has 2 saturated heterocycles. The van der Waals surface area contributed by atoms with E-state index in [4.69, 9.17) is 5.73 Å². The Kier molecular flexibility index (Phi) is 9.11. The van der Waals surface area contributed by atoms with Gasteiger partial charge in [0.05, 0.1) is 5.92 Å². The maximum atomic E-state index is 11.5. The summed E-state index contributed by atoms with van der Waals surface area (Å²) in [5.74, 6) is 0.665. The molecule has 1 unspecified atom stereocenters. The van der Waals surface area contributed by atoms with Crippen molar-refractivity contribution in [1.82, 2.24) is 20.4 Å². The van der Waals surface area contributed by atoms with Crippen LogP contribution in [-0.2, 0) is 17.9 Å². The lowest BCUT2D eigenvalue weighted by molar-refractivity contribution is -0.123. The summed E-state index contributed by atoms with van der Waals surface area (Å²) in [4.78, 5) is 20.8. The molecule has 176 valence electrons. The summed E-state index contributed by atoms with van der Waals surface area (Å²) in [5.41, 5.74) is 9.24. The second kappa shape index (κ2) is 12.0. The molecule has 7 heteroatoms. The minimum Gasteiger partial charge on any atom is -0.369 e. The maximum absolute atomic E-state index is 11.5. The van der Waals surface area contributed by atoms with Crippen LogP contribution in [0.1, 0.15) is 43.7 Å². The molecule has 0 spiro atoms. The Morgan fingerprint density at radius 3 is 2.62 bits per heavy atom. The number of hydrogen-bond acceptors (Lipinski definition) is 4. The number of likely N-dealkylation sites (tertiary alicyclic amines) is 2. The summed E-state index contributed by atoms with van der Waals surface area (Å²) >= 11 is 0. The molecule has 3 rings (SSSR count). The number of nitrogens with two attached hydrogens (primary N) is 1. The molecule has 2 aliphatic rings. The first kappa shape index (κ1) is 24.3. The average Bonchev–Trinajstić information content (AvgIpc) is 2.78. The standard InChI is InChI=1S/C25H40N6O/c1-19(2)16-30-12-9-23(10-13-30)29-25(27-3)28-15-20-6-4-7-21(14-20)17-31-11-5-8-22(18-31)24(26)32/h4,6-7,14,22-23H,1,5,8-13,15-18H2,2-3H3,(H2,26,32)(H2,27,28,29). The topological polar surface area (TPSA) is 86.0 Å². The third kappa shape index (κ3) is 7.64. The molecule has 1 aromatic rings. The van der Waals surface area contributed by atoms with Gasteiger partial charge in [-0.1, -0.05) is 36.4 Å². The fourth-order valence-electron chi connectivity index (χ4n) is 4.72. The summed E-state index contributed by atoms with van der Waals surface area (Å²) in [7, 11) is 1.83. The minimum absolute atomic E-state index is 0.0179. The lowest BCUT2D eigenvalue weighted by Crippen LogP contribution is -2.48. The predicted molar refractivity (Wildman–Crippen MR) is 131 cm³/mol. The van der Waals surface area contributed by atoms with Crippen LogP contribution >= 0.6 is 0 Å². The molecule has 1 amide bonds. The number of carbonyl (C=O) groups excluding carboxylic acids is 1. The highest BCUT2D eigenvalue weighted by Gasteiger charge is 2.24. The number of piperidine rings is 2. The summed E-state index contributed by atoms with van der Waals surface area (Å²) in [6.45, 7) is 12.7. The van der Waals surface area contributed by atoms with Crippen LogP contribution in [0.3, 0.4) is 0 Å². The highest BCUT2D eigenvalue weighted by atomic mass is 16.1. The van der Waals surface area contributed by atoms with Crippen molar-refractivity contribution in [2.75, 3.05) is 39.8 Å². The van der Waals surface area contributed by atoms with E-state index in [1.165, 1.54) is 16.7 Å². The summed E-state index contributed by atoms with van der Waals surface area (Å²) in [6, 6.07) is 9.09. The van der Waals surface area contributed by atoms with E-state index < -0.39 is 0 Å². The number of aliphatic imine (C=N–C) groups is 1. The van der Waals surface area contributed by atoms with E-state index in [1.54, 1.807) is 0 Å². The third-order valence-electron chi connectivity index (χ3n) is 6.41. The second-order valence-electron chi connectivity index (χ2n) is 9.37. The van der Waals surface area contributed by atoms with Crippen LogP contribution in [0.5, 0.6) is 0 Å². The smallest absolute Gasteiger partial charge is 0.221 e. The van der Waals surface area contributed by atoms with E-state index in [1.807, 2.05) is 7.05 Å². The Morgan fingerprint density at radius 2 is 1.94 bits per heavy atom. The first-order valence-electron chi connectivity index (χ1n) is 11.9. The van der Waals surface area contributed by atoms with Crippen LogP contribution in [0.25, 0.3) is 0 Å². The molecule has 7 nitrogen and oxygen atoms in total. The SMILES string of the molecule is C=C(C)CN1CCC(NC(=NC)NCc2cccc(CN3CCCC(C(N)=O)C3)c2)CC1. The third-order valence-corrected chi connectivity index (χ3v) is 6.41. The lowest BCUT2D eigenvalue weighted by atomic mass is 9.97. The van der Waals surface area contributed by atoms with E-state index >= 15 is 0 Å². The number of nitrogens with one attached hydrogen (secondary N) is 2. The highest BCUT2D eigenvalue weighted by Crippen LogP contribution is 2.19. The molecule has 32 heavy (non-hydrogen) atoms. The van der Waals surface area contributed by atoms with Gasteiger partial charge in [-0.3, -0.25) is 19.6 Å². The first-order valence-corrected chi connectivity index (χ1v) is 11.9. The van der Waals surface area contributed by atoms with Gasteiger partial charge in [-0.05, 0) is 50.3 Å². The Morgan fingerprint density at radius 1 is 1.19 bits per heavy atom. The average molecular weight is 441 g/mol. The first-order chi connectivity index (χ1) is 15.4. The minimum atomic E-state index is -0.173. The molecule has 0 radical (unpaired) electrons. The van der Waals surface area contributed by atoms with E-state index in [0.29, 0.717) is 6.04 Å². The Labute approximate surface area is 193 Å². The molecule has 1 atom stereocenters. The van der Waals surface area contributed by atoms with Crippen molar-refractivity contribution in [3.8, 4) is 0 Å². The Hall–Kier alpha value is -2.38. The number of amides is 1. The zero-order valence-electron chi connectivity index (χ0n) is 19.8. The van der Waals surface area contributed by atoms with Gasteiger partial charge in [0.1, 0.15) is 0 Å². The zero-order chi connectivity index (χ0) is 22.9. The number of primary amides is 1. The van der Waals surface area contributed by atoms with Crippen molar-refractivity contribution in [2.45, 2.75) is 51.7 Å². The molecule has 0 aliphatic carbocycles. The molecular weight excluding hydrogens is 400 g/mol. The molecule has 2 fully saturated rings. The Bertz CT molecular complexity index is 799. The summed E-state index contributed by atoms with van der Waals surface area (Å²) in [5, 5.41) is 7.05. The van der Waals surface area contributed by atoms with Crippen molar-refractivity contribution >= 4 is 11.9 Å². The molecule has 2 aliphatic heterocycles. The Balaban J connectivity index is 1.45. The summed E-state index contributed by atoms with van der Waals surface area (Å²) < 4.78 is 0. The van der Waals surface area contributed by atoms with Crippen molar-refractivity contribution < 1.29 is 4.79 Å². The highest BCUT2D eigenvalue weighted by molar-refractivity contribution is 5.80. The van der Waals surface area contributed by atoms with Crippen LogP contribution in [0, 0.1) is 5.92 Å². The van der Waals surface area contributed by atoms with Crippen molar-refractivity contribution in [2.24, 2.45) is 16.6 Å². The van der Waals surface area contributed by atoms with Gasteiger partial charge in [-0.15, -0.1) is 0 Å². The number of hydrogen-bond donors (Lipinski definition) is 3. The van der Waals surface area contributed by atoms with Crippen molar-refractivity contribution in [3.05, 3.63) is 47.5 Å². The largest absolute Gasteiger partial charge is 0.369 e. The monoisotopic (exact) mass is 440 g/mol. The molecule has 0 aromatic heterocycles. The van der Waals surface area contributed by atoms with Gasteiger partial charge in [0, 0.05) is 52.4 Å². The van der Waals surface area contributed by atoms with Crippen molar-refractivity contribution in [1.29, 1.82) is 0 Å². The molecule has 2 heterocycles.